The molecule has 0 radical (unpaired) electrons. The van der Waals surface area contributed by atoms with Crippen molar-refractivity contribution < 1.29 is 24.9 Å². The normalized spacial score (nSPS) is 9.29. The number of carbonyl (C=O) groups is 1. The predicted octanol–water partition coefficient (Wildman–Crippen LogP) is -0.461. The van der Waals surface area contributed by atoms with Gasteiger partial charge >= 0.3 is 5.97 Å². The van der Waals surface area contributed by atoms with Crippen molar-refractivity contribution in [2.24, 2.45) is 5.92 Å². The van der Waals surface area contributed by atoms with Gasteiger partial charge in [0.1, 0.15) is 6.61 Å². The number of ether oxygens (including phenoxy) is 1. The van der Waals surface area contributed by atoms with Gasteiger partial charge in [0.25, 0.3) is 0 Å². The molecule has 3 N–H and O–H groups in total. The summed E-state index contributed by atoms with van der Waals surface area (Å²) in [6.07, 6.45) is 0.431. The molecule has 0 aromatic rings. The van der Waals surface area contributed by atoms with Crippen LogP contribution in [0.15, 0.2) is 0 Å². The second kappa shape index (κ2) is 12.3. The summed E-state index contributed by atoms with van der Waals surface area (Å²) in [7, 11) is 0. The highest BCUT2D eigenvalue weighted by Gasteiger charge is 2.04. The van der Waals surface area contributed by atoms with Crippen LogP contribution in [0.25, 0.3) is 0 Å². The van der Waals surface area contributed by atoms with Gasteiger partial charge in [-0.25, -0.2) is 0 Å². The van der Waals surface area contributed by atoms with Crippen molar-refractivity contribution in [2.75, 3.05) is 26.4 Å². The Labute approximate surface area is 84.3 Å². The standard InChI is InChI=1S/C7H14O3.C2H6O2/c1-6(2)5-7(9)10-4-3-8;3-1-2-4/h6,8H,3-5H2,1-2H3;3-4H,1-2H2. The van der Waals surface area contributed by atoms with Gasteiger partial charge in [-0.3, -0.25) is 4.79 Å². The number of esters is 1. The van der Waals surface area contributed by atoms with Crippen molar-refractivity contribution in [3.05, 3.63) is 0 Å². The zero-order valence-electron chi connectivity index (χ0n) is 8.77. The summed E-state index contributed by atoms with van der Waals surface area (Å²) < 4.78 is 4.61. The van der Waals surface area contributed by atoms with E-state index in [4.69, 9.17) is 15.3 Å². The van der Waals surface area contributed by atoms with Gasteiger partial charge in [0, 0.05) is 6.42 Å². The first kappa shape index (κ1) is 15.8. The average molecular weight is 208 g/mol. The van der Waals surface area contributed by atoms with Gasteiger partial charge in [-0.15, -0.1) is 0 Å². The van der Waals surface area contributed by atoms with Gasteiger partial charge in [-0.2, -0.15) is 0 Å². The molecule has 0 aliphatic heterocycles. The summed E-state index contributed by atoms with van der Waals surface area (Å²) in [6, 6.07) is 0. The van der Waals surface area contributed by atoms with Crippen LogP contribution in [0.4, 0.5) is 0 Å². The lowest BCUT2D eigenvalue weighted by Crippen LogP contribution is -2.10. The van der Waals surface area contributed by atoms with Crippen molar-refractivity contribution in [3.8, 4) is 0 Å². The summed E-state index contributed by atoms with van der Waals surface area (Å²) in [5, 5.41) is 23.5. The Balaban J connectivity index is 0. The quantitative estimate of drug-likeness (QED) is 0.532. The Morgan fingerprint density at radius 2 is 1.64 bits per heavy atom. The van der Waals surface area contributed by atoms with Crippen molar-refractivity contribution >= 4 is 5.97 Å². The molecule has 0 saturated carbocycles. The van der Waals surface area contributed by atoms with Crippen LogP contribution < -0.4 is 0 Å². The van der Waals surface area contributed by atoms with E-state index >= 15 is 0 Å². The van der Waals surface area contributed by atoms with Gasteiger partial charge in [-0.1, -0.05) is 13.8 Å². The minimum Gasteiger partial charge on any atom is -0.463 e. The maximum atomic E-state index is 10.7. The summed E-state index contributed by atoms with van der Waals surface area (Å²) in [6.45, 7) is 3.66. The van der Waals surface area contributed by atoms with E-state index in [1.165, 1.54) is 0 Å². The Bertz CT molecular complexity index is 122. The second-order valence-corrected chi connectivity index (χ2v) is 2.99. The van der Waals surface area contributed by atoms with E-state index in [-0.39, 0.29) is 32.4 Å². The number of aliphatic hydroxyl groups is 3. The minimum atomic E-state index is -0.232. The molecule has 0 amide bonds. The molecule has 0 aliphatic rings. The third kappa shape index (κ3) is 17.4. The first-order chi connectivity index (χ1) is 6.58. The van der Waals surface area contributed by atoms with E-state index in [0.717, 1.165) is 0 Å². The molecule has 0 rings (SSSR count). The van der Waals surface area contributed by atoms with Crippen LogP contribution in [-0.4, -0.2) is 47.7 Å². The van der Waals surface area contributed by atoms with E-state index in [9.17, 15) is 4.79 Å². The maximum absolute atomic E-state index is 10.7. The van der Waals surface area contributed by atoms with Crippen LogP contribution in [0.3, 0.4) is 0 Å². The highest BCUT2D eigenvalue weighted by Crippen LogP contribution is 2.00. The van der Waals surface area contributed by atoms with Crippen LogP contribution in [0, 0.1) is 5.92 Å². The third-order valence-corrected chi connectivity index (χ3v) is 1.03. The molecule has 5 nitrogen and oxygen atoms in total. The zero-order valence-corrected chi connectivity index (χ0v) is 8.77. The largest absolute Gasteiger partial charge is 0.463 e. The molecule has 0 unspecified atom stereocenters. The second-order valence-electron chi connectivity index (χ2n) is 2.99. The number of carbonyl (C=O) groups excluding carboxylic acids is 1. The molecule has 0 spiro atoms. The highest BCUT2D eigenvalue weighted by atomic mass is 16.5. The van der Waals surface area contributed by atoms with Crippen molar-refractivity contribution in [1.29, 1.82) is 0 Å². The van der Waals surface area contributed by atoms with Crippen LogP contribution >= 0.6 is 0 Å². The monoisotopic (exact) mass is 208 g/mol. The average Bonchev–Trinajstić information content (AvgIpc) is 2.14. The van der Waals surface area contributed by atoms with Crippen LogP contribution in [-0.2, 0) is 9.53 Å². The predicted molar refractivity (Wildman–Crippen MR) is 51.7 cm³/mol. The zero-order chi connectivity index (χ0) is 11.4. The molecule has 0 aliphatic carbocycles. The molecule has 0 aromatic carbocycles. The van der Waals surface area contributed by atoms with Crippen LogP contribution in [0.2, 0.25) is 0 Å². The van der Waals surface area contributed by atoms with E-state index in [0.29, 0.717) is 12.3 Å². The van der Waals surface area contributed by atoms with Crippen molar-refractivity contribution in [2.45, 2.75) is 20.3 Å². The number of aliphatic hydroxyl groups excluding tert-OH is 3. The Hall–Kier alpha value is -0.650. The lowest BCUT2D eigenvalue weighted by atomic mass is 10.1. The fourth-order valence-corrected chi connectivity index (χ4v) is 0.552. The molecule has 5 heteroatoms. The number of hydrogen-bond acceptors (Lipinski definition) is 5. The first-order valence-electron chi connectivity index (χ1n) is 4.56. The molecule has 0 bridgehead atoms. The molecule has 0 fully saturated rings. The molecule has 0 atom stereocenters. The van der Waals surface area contributed by atoms with Gasteiger partial charge in [0.15, 0.2) is 0 Å². The SMILES string of the molecule is CC(C)CC(=O)OCCO.OCCO. The number of rotatable bonds is 5. The molecule has 0 aromatic heterocycles. The molecular weight excluding hydrogens is 188 g/mol. The van der Waals surface area contributed by atoms with E-state index in [1.807, 2.05) is 13.8 Å². The molecule has 0 saturated heterocycles. The Kier molecular flexibility index (Phi) is 13.9. The van der Waals surface area contributed by atoms with Gasteiger partial charge < -0.3 is 20.1 Å². The van der Waals surface area contributed by atoms with Gasteiger partial charge in [0.05, 0.1) is 19.8 Å². The molecule has 14 heavy (non-hydrogen) atoms. The van der Waals surface area contributed by atoms with Crippen molar-refractivity contribution in [3.63, 3.8) is 0 Å². The lowest BCUT2D eigenvalue weighted by Gasteiger charge is -2.03. The van der Waals surface area contributed by atoms with E-state index < -0.39 is 0 Å². The maximum Gasteiger partial charge on any atom is 0.306 e. The third-order valence-electron chi connectivity index (χ3n) is 1.03. The number of hydrogen-bond donors (Lipinski definition) is 3. The Morgan fingerprint density at radius 1 is 1.14 bits per heavy atom. The summed E-state index contributed by atoms with van der Waals surface area (Å²) in [5.74, 6) is 0.0928. The van der Waals surface area contributed by atoms with Crippen LogP contribution in [0.5, 0.6) is 0 Å². The van der Waals surface area contributed by atoms with Gasteiger partial charge in [-0.05, 0) is 5.92 Å². The van der Waals surface area contributed by atoms with Crippen LogP contribution in [0.1, 0.15) is 20.3 Å². The van der Waals surface area contributed by atoms with Gasteiger partial charge in [0.2, 0.25) is 0 Å². The molecule has 0 heterocycles. The minimum absolute atomic E-state index is 0.0934. The lowest BCUT2D eigenvalue weighted by molar-refractivity contribution is -0.145. The van der Waals surface area contributed by atoms with E-state index in [1.54, 1.807) is 0 Å². The fraction of sp³-hybridized carbons (Fsp3) is 0.889. The first-order valence-corrected chi connectivity index (χ1v) is 4.56. The summed E-state index contributed by atoms with van der Waals surface area (Å²) in [4.78, 5) is 10.7. The highest BCUT2D eigenvalue weighted by molar-refractivity contribution is 5.69. The molecular formula is C9H20O5. The molecule has 86 valence electrons. The van der Waals surface area contributed by atoms with E-state index in [2.05, 4.69) is 4.74 Å². The summed E-state index contributed by atoms with van der Waals surface area (Å²) >= 11 is 0. The van der Waals surface area contributed by atoms with Crippen molar-refractivity contribution in [1.82, 2.24) is 0 Å². The fourth-order valence-electron chi connectivity index (χ4n) is 0.552. The smallest absolute Gasteiger partial charge is 0.306 e. The topological polar surface area (TPSA) is 87.0 Å². The summed E-state index contributed by atoms with van der Waals surface area (Å²) in [5.41, 5.74) is 0. The Morgan fingerprint density at radius 3 is 1.93 bits per heavy atom.